The molecule has 2 heterocycles. The summed E-state index contributed by atoms with van der Waals surface area (Å²) >= 11 is 0. The fourth-order valence-corrected chi connectivity index (χ4v) is 8.38. The lowest BCUT2D eigenvalue weighted by Gasteiger charge is -2.58. The molecule has 0 radical (unpaired) electrons. The Labute approximate surface area is 167 Å². The van der Waals surface area contributed by atoms with E-state index >= 15 is 0 Å². The third-order valence-electron chi connectivity index (χ3n) is 9.38. The second-order valence-corrected chi connectivity index (χ2v) is 10.1. The van der Waals surface area contributed by atoms with Gasteiger partial charge in [0.25, 0.3) is 0 Å². The number of aliphatic hydroxyl groups excluding tert-OH is 1. The lowest BCUT2D eigenvalue weighted by Crippen LogP contribution is -2.59. The van der Waals surface area contributed by atoms with Gasteiger partial charge in [0.15, 0.2) is 11.6 Å². The molecule has 6 rings (SSSR count). The van der Waals surface area contributed by atoms with E-state index in [9.17, 15) is 5.11 Å². The smallest absolute Gasteiger partial charge is 0.174 e. The molecule has 6 atom stereocenters. The number of hydrogen-bond acceptors (Lipinski definition) is 5. The predicted molar refractivity (Wildman–Crippen MR) is 102 cm³/mol. The van der Waals surface area contributed by atoms with Crippen LogP contribution >= 0.6 is 0 Å². The van der Waals surface area contributed by atoms with Crippen LogP contribution in [0.4, 0.5) is 0 Å². The zero-order valence-electron chi connectivity index (χ0n) is 17.0. The number of fused-ring (bicyclic) bond motifs is 6. The number of hydrogen-bond donors (Lipinski definition) is 1. The standard InChI is InChI=1S/C23H34O5/c1-2-21-14-19(24)20-16-5-7-22(25-9-10-26-22)13-15(16)3-4-17(20)18(21)6-8-23(21)27-11-12-28-23/h3,16-20,24H,2,4-14H2,1H3/t16?,17-,18-,19+,20+,21-/m0/s1. The highest BCUT2D eigenvalue weighted by Crippen LogP contribution is 2.68. The van der Waals surface area contributed by atoms with E-state index in [4.69, 9.17) is 18.9 Å². The van der Waals surface area contributed by atoms with Crippen LogP contribution in [0.3, 0.4) is 0 Å². The van der Waals surface area contributed by atoms with E-state index in [1.165, 1.54) is 12.0 Å². The van der Waals surface area contributed by atoms with Crippen molar-refractivity contribution in [1.29, 1.82) is 0 Å². The van der Waals surface area contributed by atoms with Gasteiger partial charge in [0.1, 0.15) is 0 Å². The molecule has 0 bridgehead atoms. The van der Waals surface area contributed by atoms with Gasteiger partial charge in [-0.1, -0.05) is 18.6 Å². The number of allylic oxidation sites excluding steroid dienone is 1. The summed E-state index contributed by atoms with van der Waals surface area (Å²) in [5.74, 6) is 1.19. The molecular formula is C23H34O5. The van der Waals surface area contributed by atoms with Crippen LogP contribution in [0.1, 0.15) is 58.3 Å². The van der Waals surface area contributed by atoms with Gasteiger partial charge in [-0.3, -0.25) is 0 Å². The first-order valence-electron chi connectivity index (χ1n) is 11.5. The minimum Gasteiger partial charge on any atom is -0.393 e. The summed E-state index contributed by atoms with van der Waals surface area (Å²) in [6.07, 6.45) is 10.3. The van der Waals surface area contributed by atoms with Gasteiger partial charge in [-0.05, 0) is 55.8 Å². The Morgan fingerprint density at radius 1 is 1.04 bits per heavy atom. The van der Waals surface area contributed by atoms with Crippen molar-refractivity contribution >= 4 is 0 Å². The molecule has 0 amide bonds. The Morgan fingerprint density at radius 2 is 1.79 bits per heavy atom. The van der Waals surface area contributed by atoms with E-state index in [0.29, 0.717) is 36.9 Å². The molecule has 5 heteroatoms. The maximum absolute atomic E-state index is 11.5. The first-order valence-corrected chi connectivity index (χ1v) is 11.5. The average Bonchev–Trinajstić information content (AvgIpc) is 3.43. The molecule has 6 aliphatic rings. The van der Waals surface area contributed by atoms with Crippen LogP contribution in [-0.2, 0) is 18.9 Å². The fraction of sp³-hybridized carbons (Fsp3) is 0.913. The lowest BCUT2D eigenvalue weighted by molar-refractivity contribution is -0.261. The fourth-order valence-electron chi connectivity index (χ4n) is 8.38. The minimum absolute atomic E-state index is 0.0248. The van der Waals surface area contributed by atoms with Gasteiger partial charge in [-0.2, -0.15) is 0 Å². The summed E-state index contributed by atoms with van der Waals surface area (Å²) in [6, 6.07) is 0. The Balaban J connectivity index is 1.33. The highest BCUT2D eigenvalue weighted by Gasteiger charge is 2.68. The molecule has 1 unspecified atom stereocenters. The zero-order chi connectivity index (χ0) is 19.0. The quantitative estimate of drug-likeness (QED) is 0.696. The molecule has 3 saturated carbocycles. The van der Waals surface area contributed by atoms with Crippen LogP contribution in [0.15, 0.2) is 11.6 Å². The maximum Gasteiger partial charge on any atom is 0.174 e. The second kappa shape index (κ2) is 6.27. The first kappa shape index (κ1) is 18.3. The Kier molecular flexibility index (Phi) is 4.10. The van der Waals surface area contributed by atoms with Crippen LogP contribution in [0.2, 0.25) is 0 Å². The average molecular weight is 391 g/mol. The highest BCUT2D eigenvalue weighted by atomic mass is 16.7. The number of ether oxygens (including phenoxy) is 4. The summed E-state index contributed by atoms with van der Waals surface area (Å²) in [7, 11) is 0. The van der Waals surface area contributed by atoms with Gasteiger partial charge in [0.05, 0.1) is 32.5 Å². The largest absolute Gasteiger partial charge is 0.393 e. The van der Waals surface area contributed by atoms with Gasteiger partial charge in [-0.25, -0.2) is 0 Å². The SMILES string of the molecule is CC[C@]12C[C@@H](O)[C@@H]3C4CCC5(CC4=CC[C@H]3[C@@H]1CCC21OCCO1)OCCO5. The van der Waals surface area contributed by atoms with E-state index in [2.05, 4.69) is 13.0 Å². The molecule has 0 aromatic heterocycles. The molecule has 2 aliphatic heterocycles. The van der Waals surface area contributed by atoms with Crippen molar-refractivity contribution in [2.75, 3.05) is 26.4 Å². The van der Waals surface area contributed by atoms with Crippen molar-refractivity contribution in [3.63, 3.8) is 0 Å². The summed E-state index contributed by atoms with van der Waals surface area (Å²) in [5.41, 5.74) is 1.46. The van der Waals surface area contributed by atoms with Gasteiger partial charge in [0.2, 0.25) is 0 Å². The monoisotopic (exact) mass is 390 g/mol. The third-order valence-corrected chi connectivity index (χ3v) is 9.38. The topological polar surface area (TPSA) is 57.2 Å². The molecule has 156 valence electrons. The molecule has 2 spiro atoms. The van der Waals surface area contributed by atoms with Crippen molar-refractivity contribution in [2.24, 2.45) is 29.1 Å². The summed E-state index contributed by atoms with van der Waals surface area (Å²) < 4.78 is 24.6. The maximum atomic E-state index is 11.5. The van der Waals surface area contributed by atoms with Crippen LogP contribution in [-0.4, -0.2) is 49.2 Å². The van der Waals surface area contributed by atoms with Crippen molar-refractivity contribution < 1.29 is 24.1 Å². The van der Waals surface area contributed by atoms with Gasteiger partial charge >= 0.3 is 0 Å². The normalized spacial score (nSPS) is 48.4. The zero-order valence-corrected chi connectivity index (χ0v) is 17.0. The molecule has 2 saturated heterocycles. The molecular weight excluding hydrogens is 356 g/mol. The van der Waals surface area contributed by atoms with Gasteiger partial charge in [-0.15, -0.1) is 0 Å². The Morgan fingerprint density at radius 3 is 2.54 bits per heavy atom. The van der Waals surface area contributed by atoms with Crippen LogP contribution < -0.4 is 0 Å². The van der Waals surface area contributed by atoms with Crippen molar-refractivity contribution in [1.82, 2.24) is 0 Å². The summed E-state index contributed by atoms with van der Waals surface area (Å²) in [5, 5.41) is 11.5. The lowest BCUT2D eigenvalue weighted by atomic mass is 9.50. The summed E-state index contributed by atoms with van der Waals surface area (Å²) in [6.45, 7) is 5.12. The minimum atomic E-state index is -0.440. The van der Waals surface area contributed by atoms with E-state index in [0.717, 1.165) is 58.2 Å². The Bertz CT molecular complexity index is 662. The van der Waals surface area contributed by atoms with Crippen LogP contribution in [0.5, 0.6) is 0 Å². The van der Waals surface area contributed by atoms with Gasteiger partial charge in [0, 0.05) is 24.7 Å². The summed E-state index contributed by atoms with van der Waals surface area (Å²) in [4.78, 5) is 0. The number of aliphatic hydroxyl groups is 1. The van der Waals surface area contributed by atoms with E-state index in [-0.39, 0.29) is 17.3 Å². The third kappa shape index (κ3) is 2.26. The molecule has 28 heavy (non-hydrogen) atoms. The first-order chi connectivity index (χ1) is 13.6. The molecule has 5 fully saturated rings. The predicted octanol–water partition coefficient (Wildman–Crippen LogP) is 3.41. The van der Waals surface area contributed by atoms with Gasteiger partial charge < -0.3 is 24.1 Å². The number of rotatable bonds is 1. The molecule has 5 nitrogen and oxygen atoms in total. The van der Waals surface area contributed by atoms with E-state index < -0.39 is 5.79 Å². The van der Waals surface area contributed by atoms with Crippen molar-refractivity contribution in [2.45, 2.75) is 76.0 Å². The van der Waals surface area contributed by atoms with Crippen LogP contribution in [0.25, 0.3) is 0 Å². The second-order valence-electron chi connectivity index (χ2n) is 10.1. The molecule has 4 aliphatic carbocycles. The Hall–Kier alpha value is -0.460. The molecule has 0 aromatic carbocycles. The molecule has 1 N–H and O–H groups in total. The van der Waals surface area contributed by atoms with Crippen molar-refractivity contribution in [3.05, 3.63) is 11.6 Å². The molecule has 0 aromatic rings. The van der Waals surface area contributed by atoms with E-state index in [1.807, 2.05) is 0 Å². The van der Waals surface area contributed by atoms with Crippen molar-refractivity contribution in [3.8, 4) is 0 Å². The highest BCUT2D eigenvalue weighted by molar-refractivity contribution is 5.24. The van der Waals surface area contributed by atoms with Crippen LogP contribution in [0, 0.1) is 29.1 Å². The van der Waals surface area contributed by atoms with E-state index in [1.54, 1.807) is 0 Å².